The Hall–Kier alpha value is -0.950. The molecular weight excluding hydrogens is 264 g/mol. The third-order valence-electron chi connectivity index (χ3n) is 1.77. The van der Waals surface area contributed by atoms with Gasteiger partial charge >= 0.3 is 5.82 Å². The lowest BCUT2D eigenvalue weighted by molar-refractivity contribution is -0.390. The molecule has 1 heterocycles. The standard InChI is InChI=1S/C8H13BrN4O2/c1-6(2)10-3-4-12-5-7(9)8(11-12)13(14)15/h5-6,10H,3-4H2,1-2H3. The minimum atomic E-state index is -0.504. The first kappa shape index (κ1) is 12.1. The topological polar surface area (TPSA) is 73.0 Å². The molecule has 0 bridgehead atoms. The van der Waals surface area contributed by atoms with Crippen molar-refractivity contribution in [3.63, 3.8) is 0 Å². The molecule has 0 aromatic carbocycles. The fourth-order valence-electron chi connectivity index (χ4n) is 1.09. The Morgan fingerprint density at radius 1 is 1.73 bits per heavy atom. The molecule has 1 rings (SSSR count). The first-order chi connectivity index (χ1) is 7.00. The summed E-state index contributed by atoms with van der Waals surface area (Å²) in [5, 5.41) is 17.5. The molecule has 0 aliphatic heterocycles. The van der Waals surface area contributed by atoms with E-state index < -0.39 is 4.92 Å². The second-order valence-corrected chi connectivity index (χ2v) is 4.28. The summed E-state index contributed by atoms with van der Waals surface area (Å²) in [6.45, 7) is 5.44. The van der Waals surface area contributed by atoms with Crippen molar-refractivity contribution in [2.45, 2.75) is 26.4 Å². The Labute approximate surface area is 95.9 Å². The normalized spacial score (nSPS) is 10.9. The highest BCUT2D eigenvalue weighted by Gasteiger charge is 2.17. The van der Waals surface area contributed by atoms with Crippen LogP contribution in [0.4, 0.5) is 5.82 Å². The predicted molar refractivity (Wildman–Crippen MR) is 59.7 cm³/mol. The van der Waals surface area contributed by atoms with Gasteiger partial charge in [-0.3, -0.25) is 0 Å². The summed E-state index contributed by atoms with van der Waals surface area (Å²) < 4.78 is 1.97. The van der Waals surface area contributed by atoms with Crippen LogP contribution in [0.15, 0.2) is 10.7 Å². The van der Waals surface area contributed by atoms with E-state index in [9.17, 15) is 10.1 Å². The molecule has 0 aliphatic rings. The van der Waals surface area contributed by atoms with E-state index in [1.165, 1.54) is 0 Å². The van der Waals surface area contributed by atoms with Crippen LogP contribution in [-0.2, 0) is 6.54 Å². The summed E-state index contributed by atoms with van der Waals surface area (Å²) in [4.78, 5) is 10.00. The molecular formula is C8H13BrN4O2. The van der Waals surface area contributed by atoms with E-state index in [4.69, 9.17) is 0 Å². The molecule has 15 heavy (non-hydrogen) atoms. The highest BCUT2D eigenvalue weighted by Crippen LogP contribution is 2.21. The third-order valence-corrected chi connectivity index (χ3v) is 2.32. The van der Waals surface area contributed by atoms with Crippen LogP contribution in [0, 0.1) is 10.1 Å². The van der Waals surface area contributed by atoms with Crippen LogP contribution >= 0.6 is 15.9 Å². The molecule has 0 saturated carbocycles. The second kappa shape index (κ2) is 5.22. The van der Waals surface area contributed by atoms with E-state index >= 15 is 0 Å². The van der Waals surface area contributed by atoms with Gasteiger partial charge in [0.1, 0.15) is 4.47 Å². The van der Waals surface area contributed by atoms with Gasteiger partial charge in [0.25, 0.3) is 0 Å². The minimum Gasteiger partial charge on any atom is -0.358 e. The third kappa shape index (κ3) is 3.60. The van der Waals surface area contributed by atoms with Crippen molar-refractivity contribution in [2.24, 2.45) is 0 Å². The summed E-state index contributed by atoms with van der Waals surface area (Å²) in [7, 11) is 0. The molecule has 0 saturated heterocycles. The maximum Gasteiger partial charge on any atom is 0.404 e. The summed E-state index contributed by atoms with van der Waals surface area (Å²) >= 11 is 3.09. The van der Waals surface area contributed by atoms with Crippen LogP contribution in [-0.4, -0.2) is 27.3 Å². The molecule has 1 aromatic heterocycles. The van der Waals surface area contributed by atoms with Crippen LogP contribution in [0.25, 0.3) is 0 Å². The molecule has 0 aliphatic carbocycles. The van der Waals surface area contributed by atoms with Crippen LogP contribution in [0.3, 0.4) is 0 Å². The van der Waals surface area contributed by atoms with Gasteiger partial charge in [0.15, 0.2) is 0 Å². The van der Waals surface area contributed by atoms with E-state index in [-0.39, 0.29) is 5.82 Å². The number of aromatic nitrogens is 2. The highest BCUT2D eigenvalue weighted by molar-refractivity contribution is 9.10. The lowest BCUT2D eigenvalue weighted by Crippen LogP contribution is -2.26. The molecule has 0 radical (unpaired) electrons. The van der Waals surface area contributed by atoms with Crippen molar-refractivity contribution in [2.75, 3.05) is 6.54 Å². The quantitative estimate of drug-likeness (QED) is 0.654. The van der Waals surface area contributed by atoms with Crippen LogP contribution in [0.1, 0.15) is 13.8 Å². The van der Waals surface area contributed by atoms with Crippen molar-refractivity contribution in [3.05, 3.63) is 20.8 Å². The average Bonchev–Trinajstić information content (AvgIpc) is 2.46. The Morgan fingerprint density at radius 2 is 2.40 bits per heavy atom. The Bertz CT molecular complexity index is 350. The van der Waals surface area contributed by atoms with Gasteiger partial charge < -0.3 is 15.4 Å². The SMILES string of the molecule is CC(C)NCCn1cc(Br)c([N+](=O)[O-])n1. The predicted octanol–water partition coefficient (Wildman–Crippen LogP) is 1.55. The number of nitrogens with zero attached hydrogens (tertiary/aromatic N) is 3. The first-order valence-corrected chi connectivity index (χ1v) is 5.40. The zero-order chi connectivity index (χ0) is 11.4. The number of nitro groups is 1. The minimum absolute atomic E-state index is 0.139. The van der Waals surface area contributed by atoms with Crippen LogP contribution < -0.4 is 5.32 Å². The molecule has 6 nitrogen and oxygen atoms in total. The number of nitrogens with one attached hydrogen (secondary N) is 1. The molecule has 84 valence electrons. The number of halogens is 1. The van der Waals surface area contributed by atoms with Gasteiger partial charge in [-0.2, -0.15) is 4.68 Å². The van der Waals surface area contributed by atoms with Gasteiger partial charge in [-0.05, 0) is 20.9 Å². The summed E-state index contributed by atoms with van der Waals surface area (Å²) in [6, 6.07) is 0.402. The Balaban J connectivity index is 2.56. The lowest BCUT2D eigenvalue weighted by Gasteiger charge is -2.05. The molecule has 0 amide bonds. The number of rotatable bonds is 5. The fourth-order valence-corrected chi connectivity index (χ4v) is 1.55. The highest BCUT2D eigenvalue weighted by atomic mass is 79.9. The number of hydrogen-bond acceptors (Lipinski definition) is 4. The molecule has 0 spiro atoms. The first-order valence-electron chi connectivity index (χ1n) is 4.61. The van der Waals surface area contributed by atoms with Gasteiger partial charge in [-0.15, -0.1) is 0 Å². The van der Waals surface area contributed by atoms with E-state index in [2.05, 4.69) is 26.3 Å². The van der Waals surface area contributed by atoms with Gasteiger partial charge in [0.2, 0.25) is 0 Å². The maximum atomic E-state index is 10.5. The van der Waals surface area contributed by atoms with Gasteiger partial charge in [0, 0.05) is 12.6 Å². The average molecular weight is 277 g/mol. The monoisotopic (exact) mass is 276 g/mol. The zero-order valence-electron chi connectivity index (χ0n) is 8.61. The summed E-state index contributed by atoms with van der Waals surface area (Å²) in [5.74, 6) is -0.139. The molecule has 1 N–H and O–H groups in total. The fraction of sp³-hybridized carbons (Fsp3) is 0.625. The molecule has 1 aromatic rings. The van der Waals surface area contributed by atoms with Gasteiger partial charge in [-0.1, -0.05) is 13.8 Å². The largest absolute Gasteiger partial charge is 0.404 e. The van der Waals surface area contributed by atoms with Gasteiger partial charge in [0.05, 0.1) is 17.8 Å². The second-order valence-electron chi connectivity index (χ2n) is 3.43. The van der Waals surface area contributed by atoms with Crippen LogP contribution in [0.2, 0.25) is 0 Å². The molecule has 0 unspecified atom stereocenters. The molecule has 0 atom stereocenters. The van der Waals surface area contributed by atoms with Crippen molar-refractivity contribution >= 4 is 21.7 Å². The zero-order valence-corrected chi connectivity index (χ0v) is 10.2. The Kier molecular flexibility index (Phi) is 4.22. The van der Waals surface area contributed by atoms with Crippen molar-refractivity contribution in [1.29, 1.82) is 0 Å². The number of hydrogen-bond donors (Lipinski definition) is 1. The van der Waals surface area contributed by atoms with E-state index in [1.807, 2.05) is 13.8 Å². The van der Waals surface area contributed by atoms with E-state index in [0.29, 0.717) is 17.1 Å². The van der Waals surface area contributed by atoms with E-state index in [0.717, 1.165) is 6.54 Å². The summed E-state index contributed by atoms with van der Waals surface area (Å²) in [5.41, 5.74) is 0. The lowest BCUT2D eigenvalue weighted by atomic mass is 10.4. The molecule has 7 heteroatoms. The Morgan fingerprint density at radius 3 is 2.87 bits per heavy atom. The van der Waals surface area contributed by atoms with Crippen LogP contribution in [0.5, 0.6) is 0 Å². The van der Waals surface area contributed by atoms with Crippen molar-refractivity contribution in [3.8, 4) is 0 Å². The van der Waals surface area contributed by atoms with Crippen molar-refractivity contribution in [1.82, 2.24) is 15.1 Å². The van der Waals surface area contributed by atoms with E-state index in [1.54, 1.807) is 10.9 Å². The smallest absolute Gasteiger partial charge is 0.358 e. The van der Waals surface area contributed by atoms with Gasteiger partial charge in [-0.25, -0.2) is 0 Å². The molecule has 0 fully saturated rings. The summed E-state index contributed by atoms with van der Waals surface area (Å²) in [6.07, 6.45) is 1.61. The van der Waals surface area contributed by atoms with Crippen molar-refractivity contribution < 1.29 is 4.92 Å². The maximum absolute atomic E-state index is 10.5.